The highest BCUT2D eigenvalue weighted by molar-refractivity contribution is 5.75. The maximum absolute atomic E-state index is 4.78. The van der Waals surface area contributed by atoms with Crippen molar-refractivity contribution >= 4 is 17.2 Å². The molecule has 4 nitrogen and oxygen atoms in total. The first-order chi connectivity index (χ1) is 12.2. The third-order valence-corrected chi connectivity index (χ3v) is 4.30. The minimum atomic E-state index is 0.739. The number of hydrogen-bond donors (Lipinski definition) is 0. The van der Waals surface area contributed by atoms with Gasteiger partial charge in [0.15, 0.2) is 5.82 Å². The Morgan fingerprint density at radius 2 is 1.60 bits per heavy atom. The summed E-state index contributed by atoms with van der Waals surface area (Å²) in [5.41, 5.74) is 6.07. The SMILES string of the molecule is Cc1ccc(-c2nc3ccccn3c2N=Nc2ccccc2)cc1C. The van der Waals surface area contributed by atoms with E-state index in [1.807, 2.05) is 59.1 Å². The Morgan fingerprint density at radius 3 is 2.40 bits per heavy atom. The van der Waals surface area contributed by atoms with Gasteiger partial charge in [-0.05, 0) is 55.3 Å². The first kappa shape index (κ1) is 15.3. The lowest BCUT2D eigenvalue weighted by Gasteiger charge is -2.04. The van der Waals surface area contributed by atoms with E-state index in [0.29, 0.717) is 0 Å². The van der Waals surface area contributed by atoms with Crippen LogP contribution in [0.1, 0.15) is 11.1 Å². The lowest BCUT2D eigenvalue weighted by Crippen LogP contribution is -1.84. The number of aryl methyl sites for hydroxylation is 2. The normalized spacial score (nSPS) is 11.4. The maximum atomic E-state index is 4.78. The molecule has 0 fully saturated rings. The first-order valence-corrected chi connectivity index (χ1v) is 8.24. The molecular formula is C21H18N4. The molecule has 0 N–H and O–H groups in total. The number of fused-ring (bicyclic) bond motifs is 1. The smallest absolute Gasteiger partial charge is 0.187 e. The zero-order chi connectivity index (χ0) is 17.2. The summed E-state index contributed by atoms with van der Waals surface area (Å²) in [5.74, 6) is 0.739. The Hall–Kier alpha value is -3.27. The molecule has 0 atom stereocenters. The number of imidazole rings is 1. The number of aromatic nitrogens is 2. The van der Waals surface area contributed by atoms with Crippen LogP contribution < -0.4 is 0 Å². The molecule has 0 spiro atoms. The van der Waals surface area contributed by atoms with E-state index in [4.69, 9.17) is 4.98 Å². The van der Waals surface area contributed by atoms with Gasteiger partial charge >= 0.3 is 0 Å². The van der Waals surface area contributed by atoms with Gasteiger partial charge < -0.3 is 0 Å². The third-order valence-electron chi connectivity index (χ3n) is 4.30. The van der Waals surface area contributed by atoms with E-state index in [9.17, 15) is 0 Å². The van der Waals surface area contributed by atoms with E-state index in [0.717, 1.165) is 28.4 Å². The molecule has 0 saturated carbocycles. The van der Waals surface area contributed by atoms with Gasteiger partial charge in [-0.2, -0.15) is 0 Å². The van der Waals surface area contributed by atoms with Crippen molar-refractivity contribution in [2.75, 3.05) is 0 Å². The zero-order valence-corrected chi connectivity index (χ0v) is 14.2. The molecule has 0 bridgehead atoms. The highest BCUT2D eigenvalue weighted by Gasteiger charge is 2.14. The van der Waals surface area contributed by atoms with E-state index < -0.39 is 0 Å². The fourth-order valence-electron chi connectivity index (χ4n) is 2.76. The Bertz CT molecular complexity index is 1060. The highest BCUT2D eigenvalue weighted by atomic mass is 15.2. The summed E-state index contributed by atoms with van der Waals surface area (Å²) in [6, 6.07) is 22.0. The van der Waals surface area contributed by atoms with Crippen molar-refractivity contribution in [2.45, 2.75) is 13.8 Å². The van der Waals surface area contributed by atoms with Gasteiger partial charge in [-0.25, -0.2) is 4.98 Å². The minimum Gasteiger partial charge on any atom is -0.283 e. The van der Waals surface area contributed by atoms with Gasteiger partial charge in [0.25, 0.3) is 0 Å². The molecule has 2 heterocycles. The largest absolute Gasteiger partial charge is 0.283 e. The molecule has 0 amide bonds. The summed E-state index contributed by atoms with van der Waals surface area (Å²) >= 11 is 0. The van der Waals surface area contributed by atoms with Crippen LogP contribution in [0.2, 0.25) is 0 Å². The van der Waals surface area contributed by atoms with Crippen LogP contribution in [0.5, 0.6) is 0 Å². The van der Waals surface area contributed by atoms with Crippen LogP contribution in [0.15, 0.2) is 83.2 Å². The quantitative estimate of drug-likeness (QED) is 0.424. The predicted octanol–water partition coefficient (Wildman–Crippen LogP) is 6.03. The second-order valence-corrected chi connectivity index (χ2v) is 6.05. The Morgan fingerprint density at radius 1 is 0.800 bits per heavy atom. The van der Waals surface area contributed by atoms with Crippen molar-refractivity contribution < 1.29 is 0 Å². The molecular weight excluding hydrogens is 308 g/mol. The van der Waals surface area contributed by atoms with Gasteiger partial charge in [0.05, 0.1) is 5.69 Å². The lowest BCUT2D eigenvalue weighted by atomic mass is 10.0. The number of pyridine rings is 1. The third kappa shape index (κ3) is 2.94. The van der Waals surface area contributed by atoms with Crippen LogP contribution in [0.3, 0.4) is 0 Å². The molecule has 0 unspecified atom stereocenters. The second kappa shape index (κ2) is 6.32. The van der Waals surface area contributed by atoms with Gasteiger partial charge in [0, 0.05) is 11.8 Å². The van der Waals surface area contributed by atoms with Gasteiger partial charge in [-0.1, -0.05) is 36.4 Å². The summed E-state index contributed by atoms with van der Waals surface area (Å²) in [6.07, 6.45) is 1.96. The number of azo groups is 1. The average molecular weight is 326 g/mol. The first-order valence-electron chi connectivity index (χ1n) is 8.24. The zero-order valence-electron chi connectivity index (χ0n) is 14.2. The molecule has 4 rings (SSSR count). The maximum Gasteiger partial charge on any atom is 0.187 e. The van der Waals surface area contributed by atoms with Crippen molar-refractivity contribution in [2.24, 2.45) is 10.2 Å². The molecule has 0 radical (unpaired) electrons. The predicted molar refractivity (Wildman–Crippen MR) is 101 cm³/mol. The summed E-state index contributed by atoms with van der Waals surface area (Å²) in [5, 5.41) is 8.91. The molecule has 0 aliphatic rings. The van der Waals surface area contributed by atoms with Crippen molar-refractivity contribution in [1.82, 2.24) is 9.38 Å². The average Bonchev–Trinajstić information content (AvgIpc) is 3.02. The van der Waals surface area contributed by atoms with Crippen molar-refractivity contribution in [3.8, 4) is 11.3 Å². The molecule has 25 heavy (non-hydrogen) atoms. The molecule has 0 aliphatic carbocycles. The van der Waals surface area contributed by atoms with Crippen LogP contribution in [0.25, 0.3) is 16.9 Å². The number of benzene rings is 2. The standard InChI is InChI=1S/C21H18N4/c1-15-11-12-17(14-16(15)2)20-21(24-23-18-8-4-3-5-9-18)25-13-7-6-10-19(25)22-20/h3-14H,1-2H3. The monoisotopic (exact) mass is 326 g/mol. The molecule has 122 valence electrons. The van der Waals surface area contributed by atoms with Crippen LogP contribution in [0.4, 0.5) is 11.5 Å². The molecule has 0 aliphatic heterocycles. The fourth-order valence-corrected chi connectivity index (χ4v) is 2.76. The van der Waals surface area contributed by atoms with Gasteiger partial charge in [-0.3, -0.25) is 4.40 Å². The Labute approximate surface area is 146 Å². The topological polar surface area (TPSA) is 42.0 Å². The Balaban J connectivity index is 1.89. The number of nitrogens with zero attached hydrogens (tertiary/aromatic N) is 4. The lowest BCUT2D eigenvalue weighted by molar-refractivity contribution is 1.11. The molecule has 2 aromatic heterocycles. The molecule has 4 heteroatoms. The molecule has 0 saturated heterocycles. The molecule has 2 aromatic carbocycles. The van der Waals surface area contributed by atoms with Gasteiger partial charge in [0.1, 0.15) is 11.3 Å². The van der Waals surface area contributed by atoms with Crippen LogP contribution >= 0.6 is 0 Å². The van der Waals surface area contributed by atoms with Crippen LogP contribution in [-0.2, 0) is 0 Å². The van der Waals surface area contributed by atoms with E-state index in [1.54, 1.807) is 0 Å². The van der Waals surface area contributed by atoms with Crippen molar-refractivity contribution in [3.05, 3.63) is 84.1 Å². The number of hydrogen-bond acceptors (Lipinski definition) is 3. The van der Waals surface area contributed by atoms with Crippen LogP contribution in [0, 0.1) is 13.8 Å². The van der Waals surface area contributed by atoms with Crippen molar-refractivity contribution in [1.29, 1.82) is 0 Å². The van der Waals surface area contributed by atoms with Gasteiger partial charge in [-0.15, -0.1) is 10.2 Å². The van der Waals surface area contributed by atoms with E-state index in [-0.39, 0.29) is 0 Å². The van der Waals surface area contributed by atoms with Crippen LogP contribution in [-0.4, -0.2) is 9.38 Å². The summed E-state index contributed by atoms with van der Waals surface area (Å²) < 4.78 is 1.97. The van der Waals surface area contributed by atoms with E-state index in [1.165, 1.54) is 11.1 Å². The second-order valence-electron chi connectivity index (χ2n) is 6.05. The molecule has 4 aromatic rings. The van der Waals surface area contributed by atoms with Gasteiger partial charge in [0.2, 0.25) is 0 Å². The summed E-state index contributed by atoms with van der Waals surface area (Å²) in [4.78, 5) is 4.78. The minimum absolute atomic E-state index is 0.739. The van der Waals surface area contributed by atoms with E-state index >= 15 is 0 Å². The Kier molecular flexibility index (Phi) is 3.86. The highest BCUT2D eigenvalue weighted by Crippen LogP contribution is 2.33. The van der Waals surface area contributed by atoms with E-state index in [2.05, 4.69) is 42.3 Å². The number of rotatable bonds is 3. The fraction of sp³-hybridized carbons (Fsp3) is 0.0952. The summed E-state index contributed by atoms with van der Waals surface area (Å²) in [7, 11) is 0. The van der Waals surface area contributed by atoms with Crippen molar-refractivity contribution in [3.63, 3.8) is 0 Å². The summed E-state index contributed by atoms with van der Waals surface area (Å²) in [6.45, 7) is 4.22.